The number of phenols is 1. The lowest BCUT2D eigenvalue weighted by molar-refractivity contribution is 0.458. The monoisotopic (exact) mass is 357 g/mol. The van der Waals surface area contributed by atoms with Crippen molar-refractivity contribution >= 4 is 22.6 Å². The molecule has 3 aromatic rings. The van der Waals surface area contributed by atoms with Gasteiger partial charge in [0.15, 0.2) is 0 Å². The van der Waals surface area contributed by atoms with Gasteiger partial charge < -0.3 is 5.11 Å². The van der Waals surface area contributed by atoms with Crippen LogP contribution in [0.4, 0.5) is 0 Å². The van der Waals surface area contributed by atoms with Gasteiger partial charge in [-0.15, -0.1) is 15.0 Å². The summed E-state index contributed by atoms with van der Waals surface area (Å²) >= 11 is 6.03. The molecule has 0 saturated carbocycles. The minimum absolute atomic E-state index is 0.299. The summed E-state index contributed by atoms with van der Waals surface area (Å²) in [4.78, 5) is 1.51. The highest BCUT2D eigenvalue weighted by Crippen LogP contribution is 2.31. The normalized spacial score (nSPS) is 11.3. The van der Waals surface area contributed by atoms with Crippen LogP contribution in [0.25, 0.3) is 16.7 Å². The molecule has 0 fully saturated rings. The molecule has 0 aliphatic carbocycles. The van der Waals surface area contributed by atoms with Crippen molar-refractivity contribution in [3.63, 3.8) is 0 Å². The second-order valence-corrected chi connectivity index (χ2v) is 6.84. The largest absolute Gasteiger partial charge is 0.505 e. The van der Waals surface area contributed by atoms with E-state index in [9.17, 15) is 5.11 Å². The Kier molecular flexibility index (Phi) is 5.59. The predicted molar refractivity (Wildman–Crippen MR) is 103 cm³/mol. The van der Waals surface area contributed by atoms with E-state index in [-0.39, 0.29) is 0 Å². The molecule has 0 radical (unpaired) electrons. The molecule has 3 rings (SSSR count). The molecule has 5 heteroatoms. The summed E-state index contributed by atoms with van der Waals surface area (Å²) in [5.41, 5.74) is 4.37. The Morgan fingerprint density at radius 3 is 2.44 bits per heavy atom. The van der Waals surface area contributed by atoms with Crippen LogP contribution in [0.1, 0.15) is 50.7 Å². The van der Waals surface area contributed by atoms with Crippen LogP contribution in [-0.4, -0.2) is 20.1 Å². The quantitative estimate of drug-likeness (QED) is 0.610. The topological polar surface area (TPSA) is 50.9 Å². The first-order valence-electron chi connectivity index (χ1n) is 9.00. The van der Waals surface area contributed by atoms with Crippen LogP contribution in [0.5, 0.6) is 5.75 Å². The second-order valence-electron chi connectivity index (χ2n) is 6.40. The van der Waals surface area contributed by atoms with Crippen LogP contribution in [-0.2, 0) is 12.8 Å². The van der Waals surface area contributed by atoms with Gasteiger partial charge >= 0.3 is 0 Å². The van der Waals surface area contributed by atoms with Crippen molar-refractivity contribution in [2.45, 2.75) is 52.4 Å². The van der Waals surface area contributed by atoms with Gasteiger partial charge in [-0.05, 0) is 61.1 Å². The summed E-state index contributed by atoms with van der Waals surface area (Å²) < 4.78 is 0. The average Bonchev–Trinajstić information content (AvgIpc) is 3.01. The minimum atomic E-state index is 0.299. The number of aromatic hydroxyl groups is 1. The van der Waals surface area contributed by atoms with Gasteiger partial charge in [0.2, 0.25) is 0 Å². The Balaban J connectivity index is 2.04. The number of fused-ring (bicyclic) bond motifs is 1. The lowest BCUT2D eigenvalue weighted by atomic mass is 9.96. The zero-order valence-electron chi connectivity index (χ0n) is 14.8. The van der Waals surface area contributed by atoms with Crippen LogP contribution < -0.4 is 0 Å². The van der Waals surface area contributed by atoms with Crippen molar-refractivity contribution in [3.8, 4) is 11.4 Å². The summed E-state index contributed by atoms with van der Waals surface area (Å²) in [6.07, 6.45) is 6.29. The molecular weight excluding hydrogens is 334 g/mol. The molecular formula is C20H24ClN3O. The maximum atomic E-state index is 10.9. The lowest BCUT2D eigenvalue weighted by Crippen LogP contribution is -2.04. The van der Waals surface area contributed by atoms with Crippen LogP contribution in [0.3, 0.4) is 0 Å². The highest BCUT2D eigenvalue weighted by atomic mass is 35.5. The molecule has 0 unspecified atom stereocenters. The van der Waals surface area contributed by atoms with Gasteiger partial charge in [-0.25, -0.2) is 0 Å². The molecule has 0 amide bonds. The fourth-order valence-electron chi connectivity index (χ4n) is 3.06. The first kappa shape index (κ1) is 17.7. The van der Waals surface area contributed by atoms with Gasteiger partial charge in [0.1, 0.15) is 22.5 Å². The number of halogens is 1. The van der Waals surface area contributed by atoms with E-state index >= 15 is 0 Å². The van der Waals surface area contributed by atoms with Gasteiger partial charge in [-0.1, -0.05) is 44.4 Å². The Morgan fingerprint density at radius 2 is 1.68 bits per heavy atom. The Labute approximate surface area is 153 Å². The number of aromatic nitrogens is 3. The minimum Gasteiger partial charge on any atom is -0.505 e. The van der Waals surface area contributed by atoms with E-state index in [2.05, 4.69) is 30.1 Å². The van der Waals surface area contributed by atoms with Crippen molar-refractivity contribution in [1.82, 2.24) is 15.0 Å². The molecule has 1 aromatic heterocycles. The molecule has 2 aromatic carbocycles. The Morgan fingerprint density at radius 1 is 0.960 bits per heavy atom. The zero-order chi connectivity index (χ0) is 17.8. The fraction of sp³-hybridized carbons (Fsp3) is 0.400. The summed E-state index contributed by atoms with van der Waals surface area (Å²) in [6.45, 7) is 4.35. The van der Waals surface area contributed by atoms with Crippen molar-refractivity contribution in [2.24, 2.45) is 0 Å². The standard InChI is InChI=1S/C20H24ClN3O/c1-3-5-7-14-9-12-19(20(25)16(14)8-6-4-2)24-22-17-11-10-15(21)13-18(17)23-24/h9-13,25H,3-8H2,1-2H3. The summed E-state index contributed by atoms with van der Waals surface area (Å²) in [5.74, 6) is 0.299. The van der Waals surface area contributed by atoms with E-state index in [1.54, 1.807) is 12.1 Å². The smallest absolute Gasteiger partial charge is 0.146 e. The molecule has 0 saturated heterocycles. The predicted octanol–water partition coefficient (Wildman–Crippen LogP) is 5.46. The second kappa shape index (κ2) is 7.87. The zero-order valence-corrected chi connectivity index (χ0v) is 15.6. The molecule has 132 valence electrons. The van der Waals surface area contributed by atoms with E-state index in [1.807, 2.05) is 12.1 Å². The Bertz CT molecular complexity index is 873. The number of benzene rings is 2. The molecule has 0 aliphatic rings. The maximum Gasteiger partial charge on any atom is 0.146 e. The highest BCUT2D eigenvalue weighted by molar-refractivity contribution is 6.31. The van der Waals surface area contributed by atoms with Gasteiger partial charge in [-0.3, -0.25) is 0 Å². The maximum absolute atomic E-state index is 10.9. The molecule has 25 heavy (non-hydrogen) atoms. The molecule has 1 heterocycles. The van der Waals surface area contributed by atoms with Crippen LogP contribution in [0.2, 0.25) is 5.02 Å². The van der Waals surface area contributed by atoms with Gasteiger partial charge in [0.25, 0.3) is 0 Å². The first-order valence-corrected chi connectivity index (χ1v) is 9.38. The van der Waals surface area contributed by atoms with Gasteiger partial charge in [-0.2, -0.15) is 0 Å². The number of hydrogen-bond donors (Lipinski definition) is 1. The van der Waals surface area contributed by atoms with E-state index in [4.69, 9.17) is 11.6 Å². The molecule has 0 spiro atoms. The van der Waals surface area contributed by atoms with Crippen molar-refractivity contribution in [1.29, 1.82) is 0 Å². The average molecular weight is 358 g/mol. The number of nitrogens with zero attached hydrogens (tertiary/aromatic N) is 3. The van der Waals surface area contributed by atoms with E-state index in [1.165, 1.54) is 10.4 Å². The molecule has 1 N–H and O–H groups in total. The Hall–Kier alpha value is -2.07. The third kappa shape index (κ3) is 3.79. The summed E-state index contributed by atoms with van der Waals surface area (Å²) in [5, 5.41) is 20.5. The fourth-order valence-corrected chi connectivity index (χ4v) is 3.22. The third-order valence-corrected chi connectivity index (χ3v) is 4.73. The first-order chi connectivity index (χ1) is 12.1. The van der Waals surface area contributed by atoms with Crippen LogP contribution in [0, 0.1) is 0 Å². The SMILES string of the molecule is CCCCc1ccc(-n2nc3ccc(Cl)cc3n2)c(O)c1CCCC. The van der Waals surface area contributed by atoms with Crippen molar-refractivity contribution in [2.75, 3.05) is 0 Å². The van der Waals surface area contributed by atoms with E-state index < -0.39 is 0 Å². The molecule has 0 atom stereocenters. The molecule has 0 bridgehead atoms. The number of unbranched alkanes of at least 4 members (excludes halogenated alkanes) is 2. The van der Waals surface area contributed by atoms with E-state index in [0.29, 0.717) is 16.5 Å². The van der Waals surface area contributed by atoms with Crippen LogP contribution >= 0.6 is 11.6 Å². The molecule has 0 aliphatic heterocycles. The lowest BCUT2D eigenvalue weighted by Gasteiger charge is -2.14. The number of rotatable bonds is 7. The van der Waals surface area contributed by atoms with Gasteiger partial charge in [0.05, 0.1) is 0 Å². The molecule has 4 nitrogen and oxygen atoms in total. The highest BCUT2D eigenvalue weighted by Gasteiger charge is 2.16. The number of phenolic OH excluding ortho intramolecular Hbond substituents is 1. The number of hydrogen-bond acceptors (Lipinski definition) is 3. The van der Waals surface area contributed by atoms with E-state index in [0.717, 1.165) is 55.1 Å². The van der Waals surface area contributed by atoms with Crippen molar-refractivity contribution in [3.05, 3.63) is 46.5 Å². The van der Waals surface area contributed by atoms with Crippen LogP contribution in [0.15, 0.2) is 30.3 Å². The summed E-state index contributed by atoms with van der Waals surface area (Å²) in [7, 11) is 0. The van der Waals surface area contributed by atoms with Gasteiger partial charge in [0, 0.05) is 5.02 Å². The van der Waals surface area contributed by atoms with Crippen molar-refractivity contribution < 1.29 is 5.11 Å². The summed E-state index contributed by atoms with van der Waals surface area (Å²) in [6, 6.07) is 9.44. The third-order valence-electron chi connectivity index (χ3n) is 4.50. The number of aryl methyl sites for hydroxylation is 1.